The van der Waals surface area contributed by atoms with Crippen LogP contribution in [0.25, 0.3) is 0 Å². The molecule has 0 aromatic carbocycles. The van der Waals surface area contributed by atoms with Crippen LogP contribution < -0.4 is 4.90 Å². The SMILES string of the molecule is C#CCN(CCC(=O)O)c1sc(C)cc1C(=O)OCC. The molecule has 0 bridgehead atoms. The Hall–Kier alpha value is -2.00. The first-order chi connectivity index (χ1) is 9.49. The van der Waals surface area contributed by atoms with E-state index in [9.17, 15) is 9.59 Å². The standard InChI is InChI=1S/C14H17NO4S/c1-4-7-15(8-6-12(16)17)13-11(9-10(3)20-13)14(18)19-5-2/h1,9H,5-8H2,2-3H3,(H,16,17). The van der Waals surface area contributed by atoms with Crippen molar-refractivity contribution >= 4 is 28.3 Å². The molecule has 0 aliphatic carbocycles. The molecule has 108 valence electrons. The predicted octanol–water partition coefficient (Wildman–Crippen LogP) is 2.15. The molecule has 6 heteroatoms. The van der Waals surface area contributed by atoms with E-state index in [4.69, 9.17) is 16.3 Å². The second kappa shape index (κ2) is 7.56. The van der Waals surface area contributed by atoms with Gasteiger partial charge in [0.2, 0.25) is 0 Å². The lowest BCUT2D eigenvalue weighted by Crippen LogP contribution is -2.27. The van der Waals surface area contributed by atoms with Gasteiger partial charge in [0.15, 0.2) is 0 Å². The number of ether oxygens (including phenoxy) is 1. The van der Waals surface area contributed by atoms with E-state index in [-0.39, 0.29) is 26.1 Å². The van der Waals surface area contributed by atoms with Gasteiger partial charge in [0.1, 0.15) is 5.00 Å². The van der Waals surface area contributed by atoms with Crippen LogP contribution in [-0.4, -0.2) is 36.7 Å². The molecule has 1 aromatic heterocycles. The lowest BCUT2D eigenvalue weighted by molar-refractivity contribution is -0.136. The highest BCUT2D eigenvalue weighted by Gasteiger charge is 2.21. The monoisotopic (exact) mass is 295 g/mol. The van der Waals surface area contributed by atoms with Gasteiger partial charge in [0.25, 0.3) is 0 Å². The Morgan fingerprint density at radius 2 is 2.25 bits per heavy atom. The summed E-state index contributed by atoms with van der Waals surface area (Å²) in [6.07, 6.45) is 5.27. The molecule has 0 radical (unpaired) electrons. The second-order valence-electron chi connectivity index (χ2n) is 4.07. The van der Waals surface area contributed by atoms with E-state index in [0.29, 0.717) is 10.6 Å². The minimum absolute atomic E-state index is 0.0408. The summed E-state index contributed by atoms with van der Waals surface area (Å²) < 4.78 is 5.01. The van der Waals surface area contributed by atoms with Crippen molar-refractivity contribution in [1.82, 2.24) is 0 Å². The zero-order valence-electron chi connectivity index (χ0n) is 11.5. The highest BCUT2D eigenvalue weighted by atomic mass is 32.1. The summed E-state index contributed by atoms with van der Waals surface area (Å²) in [5, 5.41) is 9.45. The van der Waals surface area contributed by atoms with Crippen LogP contribution in [0.5, 0.6) is 0 Å². The Balaban J connectivity index is 3.03. The lowest BCUT2D eigenvalue weighted by atomic mass is 10.2. The minimum Gasteiger partial charge on any atom is -0.481 e. The van der Waals surface area contributed by atoms with Gasteiger partial charge in [-0.1, -0.05) is 5.92 Å². The van der Waals surface area contributed by atoms with Crippen LogP contribution in [0.4, 0.5) is 5.00 Å². The van der Waals surface area contributed by atoms with E-state index in [0.717, 1.165) is 4.88 Å². The molecular formula is C14H17NO4S. The summed E-state index contributed by atoms with van der Waals surface area (Å²) in [5.41, 5.74) is 0.440. The van der Waals surface area contributed by atoms with Gasteiger partial charge >= 0.3 is 11.9 Å². The maximum atomic E-state index is 11.9. The van der Waals surface area contributed by atoms with E-state index in [1.165, 1.54) is 11.3 Å². The van der Waals surface area contributed by atoms with E-state index >= 15 is 0 Å². The van der Waals surface area contributed by atoms with Crippen LogP contribution in [0.3, 0.4) is 0 Å². The van der Waals surface area contributed by atoms with Crippen molar-refractivity contribution in [2.45, 2.75) is 20.3 Å². The van der Waals surface area contributed by atoms with Crippen molar-refractivity contribution in [2.24, 2.45) is 0 Å². The third-order valence-electron chi connectivity index (χ3n) is 2.50. The van der Waals surface area contributed by atoms with Crippen molar-refractivity contribution in [3.63, 3.8) is 0 Å². The molecule has 0 amide bonds. The van der Waals surface area contributed by atoms with Gasteiger partial charge in [-0.15, -0.1) is 17.8 Å². The first-order valence-corrected chi connectivity index (χ1v) is 6.99. The second-order valence-corrected chi connectivity index (χ2v) is 5.30. The maximum Gasteiger partial charge on any atom is 0.341 e. The molecule has 1 aromatic rings. The number of rotatable bonds is 7. The summed E-state index contributed by atoms with van der Waals surface area (Å²) in [6, 6.07) is 1.74. The maximum absolute atomic E-state index is 11.9. The fraction of sp³-hybridized carbons (Fsp3) is 0.429. The average Bonchev–Trinajstić information content (AvgIpc) is 2.76. The summed E-state index contributed by atoms with van der Waals surface area (Å²) in [4.78, 5) is 25.3. The number of terminal acetylenes is 1. The molecule has 5 nitrogen and oxygen atoms in total. The van der Waals surface area contributed by atoms with E-state index in [1.54, 1.807) is 17.9 Å². The highest BCUT2D eigenvalue weighted by Crippen LogP contribution is 2.32. The van der Waals surface area contributed by atoms with Gasteiger partial charge in [0.05, 0.1) is 25.1 Å². The van der Waals surface area contributed by atoms with Crippen molar-refractivity contribution in [3.05, 3.63) is 16.5 Å². The molecule has 0 atom stereocenters. The first kappa shape index (κ1) is 16.1. The summed E-state index contributed by atoms with van der Waals surface area (Å²) in [5.74, 6) is 1.17. The smallest absolute Gasteiger partial charge is 0.341 e. The molecule has 1 N–H and O–H groups in total. The summed E-state index contributed by atoms with van der Waals surface area (Å²) in [7, 11) is 0. The Morgan fingerprint density at radius 1 is 1.55 bits per heavy atom. The first-order valence-electron chi connectivity index (χ1n) is 6.17. The minimum atomic E-state index is -0.905. The van der Waals surface area contributed by atoms with Gasteiger partial charge < -0.3 is 14.7 Å². The van der Waals surface area contributed by atoms with Gasteiger partial charge in [-0.05, 0) is 19.9 Å². The topological polar surface area (TPSA) is 66.8 Å². The predicted molar refractivity (Wildman–Crippen MR) is 78.3 cm³/mol. The van der Waals surface area contributed by atoms with Crippen molar-refractivity contribution in [3.8, 4) is 12.3 Å². The molecule has 0 aliphatic heterocycles. The van der Waals surface area contributed by atoms with Crippen LogP contribution in [-0.2, 0) is 9.53 Å². The summed E-state index contributed by atoms with van der Waals surface area (Å²) >= 11 is 1.40. The zero-order chi connectivity index (χ0) is 15.1. The van der Waals surface area contributed by atoms with E-state index in [1.807, 2.05) is 6.92 Å². The fourth-order valence-electron chi connectivity index (χ4n) is 1.69. The number of anilines is 1. The molecule has 0 saturated carbocycles. The Bertz CT molecular complexity index is 530. The van der Waals surface area contributed by atoms with Gasteiger partial charge in [-0.2, -0.15) is 0 Å². The van der Waals surface area contributed by atoms with Crippen LogP contribution in [0.2, 0.25) is 0 Å². The Kier molecular flexibility index (Phi) is 6.07. The summed E-state index contributed by atoms with van der Waals surface area (Å²) in [6.45, 7) is 4.41. The number of carboxylic acids is 1. The molecule has 0 unspecified atom stereocenters. The van der Waals surface area contributed by atoms with E-state index in [2.05, 4.69) is 5.92 Å². The normalized spacial score (nSPS) is 9.85. The number of carbonyl (C=O) groups excluding carboxylic acids is 1. The molecular weight excluding hydrogens is 278 g/mol. The third kappa shape index (κ3) is 4.28. The number of carbonyl (C=O) groups is 2. The average molecular weight is 295 g/mol. The van der Waals surface area contributed by atoms with Crippen LogP contribution in [0.15, 0.2) is 6.07 Å². The number of aliphatic carboxylic acids is 1. The van der Waals surface area contributed by atoms with E-state index < -0.39 is 11.9 Å². The quantitative estimate of drug-likeness (QED) is 0.616. The molecule has 0 saturated heterocycles. The number of carboxylic acid groups (broad SMARTS) is 1. The van der Waals surface area contributed by atoms with Crippen molar-refractivity contribution in [1.29, 1.82) is 0 Å². The molecule has 0 spiro atoms. The largest absolute Gasteiger partial charge is 0.481 e. The van der Waals surface area contributed by atoms with Gasteiger partial charge in [-0.3, -0.25) is 4.79 Å². The molecule has 1 rings (SSSR count). The third-order valence-corrected chi connectivity index (χ3v) is 3.61. The Morgan fingerprint density at radius 3 is 2.80 bits per heavy atom. The van der Waals surface area contributed by atoms with Gasteiger partial charge in [0, 0.05) is 11.4 Å². The van der Waals surface area contributed by atoms with Crippen molar-refractivity contribution in [2.75, 3.05) is 24.6 Å². The van der Waals surface area contributed by atoms with Crippen LogP contribution in [0, 0.1) is 19.3 Å². The number of thiophene rings is 1. The number of aryl methyl sites for hydroxylation is 1. The molecule has 0 fully saturated rings. The van der Waals surface area contributed by atoms with Gasteiger partial charge in [-0.25, -0.2) is 4.79 Å². The lowest BCUT2D eigenvalue weighted by Gasteiger charge is -2.20. The molecule has 20 heavy (non-hydrogen) atoms. The zero-order valence-corrected chi connectivity index (χ0v) is 12.3. The van der Waals surface area contributed by atoms with Crippen LogP contribution in [0.1, 0.15) is 28.6 Å². The molecule has 0 aliphatic rings. The number of hydrogen-bond donors (Lipinski definition) is 1. The number of nitrogens with zero attached hydrogens (tertiary/aromatic N) is 1. The Labute approximate surface area is 122 Å². The number of esters is 1. The van der Waals surface area contributed by atoms with Crippen LogP contribution >= 0.6 is 11.3 Å². The number of hydrogen-bond acceptors (Lipinski definition) is 5. The molecule has 1 heterocycles. The fourth-order valence-corrected chi connectivity index (χ4v) is 2.70. The van der Waals surface area contributed by atoms with Crippen molar-refractivity contribution < 1.29 is 19.4 Å². The highest BCUT2D eigenvalue weighted by molar-refractivity contribution is 7.16.